The highest BCUT2D eigenvalue weighted by molar-refractivity contribution is 5.31. The van der Waals surface area contributed by atoms with Crippen LogP contribution in [0.15, 0.2) is 18.2 Å². The van der Waals surface area contributed by atoms with Crippen LogP contribution in [0.4, 0.5) is 0 Å². The predicted molar refractivity (Wildman–Crippen MR) is 89.7 cm³/mol. The van der Waals surface area contributed by atoms with Crippen molar-refractivity contribution in [2.24, 2.45) is 0 Å². The standard InChI is InChI=1S/C19H30N2/c1-14-7-8-17(12-15(14)2)16(3)21(19-9-10-19)13-18-6-4-5-11-20-18/h7-8,12,16,18-20H,4-6,9-11,13H2,1-3H3. The highest BCUT2D eigenvalue weighted by atomic mass is 15.2. The van der Waals surface area contributed by atoms with E-state index in [9.17, 15) is 0 Å². The quantitative estimate of drug-likeness (QED) is 0.881. The smallest absolute Gasteiger partial charge is 0.0323 e. The van der Waals surface area contributed by atoms with Gasteiger partial charge in [0.2, 0.25) is 0 Å². The number of rotatable bonds is 5. The van der Waals surface area contributed by atoms with Gasteiger partial charge in [-0.05, 0) is 69.7 Å². The average Bonchev–Trinajstić information content (AvgIpc) is 3.33. The van der Waals surface area contributed by atoms with E-state index >= 15 is 0 Å². The minimum atomic E-state index is 0.542. The molecule has 2 fully saturated rings. The van der Waals surface area contributed by atoms with Crippen molar-refractivity contribution >= 4 is 0 Å². The van der Waals surface area contributed by atoms with Crippen LogP contribution < -0.4 is 5.32 Å². The fraction of sp³-hybridized carbons (Fsp3) is 0.684. The van der Waals surface area contributed by atoms with Crippen LogP contribution in [0.1, 0.15) is 61.8 Å². The number of nitrogens with one attached hydrogen (secondary N) is 1. The summed E-state index contributed by atoms with van der Waals surface area (Å²) >= 11 is 0. The fourth-order valence-corrected chi connectivity index (χ4v) is 3.58. The Morgan fingerprint density at radius 1 is 1.14 bits per heavy atom. The molecule has 1 heterocycles. The summed E-state index contributed by atoms with van der Waals surface area (Å²) in [6.45, 7) is 9.26. The number of nitrogens with zero attached hydrogens (tertiary/aromatic N) is 1. The molecule has 3 rings (SSSR count). The van der Waals surface area contributed by atoms with Crippen LogP contribution in [-0.4, -0.2) is 30.1 Å². The first-order chi connectivity index (χ1) is 10.1. The summed E-state index contributed by atoms with van der Waals surface area (Å²) in [5.41, 5.74) is 4.31. The Kier molecular flexibility index (Phi) is 4.66. The van der Waals surface area contributed by atoms with Gasteiger partial charge >= 0.3 is 0 Å². The van der Waals surface area contributed by atoms with Gasteiger partial charge in [0, 0.05) is 24.7 Å². The summed E-state index contributed by atoms with van der Waals surface area (Å²) in [6.07, 6.45) is 6.88. The molecular formula is C19H30N2. The second-order valence-corrected chi connectivity index (χ2v) is 7.09. The Hall–Kier alpha value is -0.860. The molecule has 0 aromatic heterocycles. The first-order valence-corrected chi connectivity index (χ1v) is 8.71. The molecule has 0 spiro atoms. The van der Waals surface area contributed by atoms with Crippen LogP contribution in [0, 0.1) is 13.8 Å². The van der Waals surface area contributed by atoms with Gasteiger partial charge in [0.05, 0.1) is 0 Å². The van der Waals surface area contributed by atoms with Gasteiger partial charge in [-0.1, -0.05) is 24.6 Å². The largest absolute Gasteiger partial charge is 0.313 e. The molecule has 1 saturated heterocycles. The molecule has 1 aliphatic carbocycles. The summed E-state index contributed by atoms with van der Waals surface area (Å²) in [5, 5.41) is 3.72. The molecule has 1 saturated carbocycles. The molecule has 116 valence electrons. The lowest BCUT2D eigenvalue weighted by Crippen LogP contribution is -2.45. The SMILES string of the molecule is Cc1ccc(C(C)N(CC2CCCCN2)C2CC2)cc1C. The molecule has 1 aliphatic heterocycles. The minimum Gasteiger partial charge on any atom is -0.313 e. The van der Waals surface area contributed by atoms with Crippen LogP contribution in [0.25, 0.3) is 0 Å². The van der Waals surface area contributed by atoms with Gasteiger partial charge in [-0.3, -0.25) is 4.90 Å². The van der Waals surface area contributed by atoms with Crippen molar-refractivity contribution in [2.45, 2.75) is 71.0 Å². The zero-order chi connectivity index (χ0) is 14.8. The van der Waals surface area contributed by atoms with Gasteiger partial charge in [0.25, 0.3) is 0 Å². The van der Waals surface area contributed by atoms with Crippen LogP contribution in [0.3, 0.4) is 0 Å². The van der Waals surface area contributed by atoms with E-state index in [1.165, 1.54) is 61.9 Å². The number of benzene rings is 1. The highest BCUT2D eigenvalue weighted by Crippen LogP contribution is 2.35. The van der Waals surface area contributed by atoms with Crippen molar-refractivity contribution < 1.29 is 0 Å². The van der Waals surface area contributed by atoms with Crippen LogP contribution >= 0.6 is 0 Å². The van der Waals surface area contributed by atoms with Crippen LogP contribution in [0.2, 0.25) is 0 Å². The van der Waals surface area contributed by atoms with Crippen molar-refractivity contribution in [1.82, 2.24) is 10.2 Å². The van der Waals surface area contributed by atoms with Crippen molar-refractivity contribution in [2.75, 3.05) is 13.1 Å². The summed E-state index contributed by atoms with van der Waals surface area (Å²) < 4.78 is 0. The second kappa shape index (κ2) is 6.50. The third-order valence-corrected chi connectivity index (χ3v) is 5.37. The zero-order valence-electron chi connectivity index (χ0n) is 13.9. The Balaban J connectivity index is 1.71. The zero-order valence-corrected chi connectivity index (χ0v) is 13.9. The molecular weight excluding hydrogens is 256 g/mol. The van der Waals surface area contributed by atoms with E-state index in [-0.39, 0.29) is 0 Å². The number of hydrogen-bond acceptors (Lipinski definition) is 2. The topological polar surface area (TPSA) is 15.3 Å². The van der Waals surface area contributed by atoms with Gasteiger partial charge in [0.1, 0.15) is 0 Å². The van der Waals surface area contributed by atoms with E-state index in [2.05, 4.69) is 49.2 Å². The Morgan fingerprint density at radius 3 is 2.57 bits per heavy atom. The molecule has 2 aliphatic rings. The summed E-state index contributed by atoms with van der Waals surface area (Å²) in [7, 11) is 0. The first kappa shape index (κ1) is 15.1. The number of hydrogen-bond donors (Lipinski definition) is 1. The van der Waals surface area contributed by atoms with Crippen molar-refractivity contribution in [3.05, 3.63) is 34.9 Å². The maximum absolute atomic E-state index is 3.72. The summed E-state index contributed by atoms with van der Waals surface area (Å²) in [5.74, 6) is 0. The normalized spacial score (nSPS) is 24.3. The molecule has 0 radical (unpaired) electrons. The lowest BCUT2D eigenvalue weighted by Gasteiger charge is -2.35. The average molecular weight is 286 g/mol. The van der Waals surface area contributed by atoms with Crippen molar-refractivity contribution in [3.8, 4) is 0 Å². The van der Waals surface area contributed by atoms with Gasteiger partial charge < -0.3 is 5.32 Å². The lowest BCUT2D eigenvalue weighted by molar-refractivity contribution is 0.166. The molecule has 0 bridgehead atoms. The third-order valence-electron chi connectivity index (χ3n) is 5.37. The second-order valence-electron chi connectivity index (χ2n) is 7.09. The minimum absolute atomic E-state index is 0.542. The molecule has 2 unspecified atom stereocenters. The van der Waals surface area contributed by atoms with Crippen LogP contribution in [-0.2, 0) is 0 Å². The molecule has 2 atom stereocenters. The molecule has 2 nitrogen and oxygen atoms in total. The van der Waals surface area contributed by atoms with E-state index in [1.54, 1.807) is 0 Å². The van der Waals surface area contributed by atoms with Crippen LogP contribution in [0.5, 0.6) is 0 Å². The number of piperidine rings is 1. The Morgan fingerprint density at radius 2 is 1.95 bits per heavy atom. The van der Waals surface area contributed by atoms with E-state index in [0.29, 0.717) is 12.1 Å². The van der Waals surface area contributed by atoms with Crippen molar-refractivity contribution in [1.29, 1.82) is 0 Å². The van der Waals surface area contributed by atoms with E-state index < -0.39 is 0 Å². The summed E-state index contributed by atoms with van der Waals surface area (Å²) in [4.78, 5) is 2.76. The maximum Gasteiger partial charge on any atom is 0.0323 e. The van der Waals surface area contributed by atoms with Gasteiger partial charge in [-0.15, -0.1) is 0 Å². The maximum atomic E-state index is 3.72. The first-order valence-electron chi connectivity index (χ1n) is 8.71. The molecule has 1 N–H and O–H groups in total. The van der Waals surface area contributed by atoms with E-state index in [1.807, 2.05) is 0 Å². The van der Waals surface area contributed by atoms with Crippen molar-refractivity contribution in [3.63, 3.8) is 0 Å². The Bertz CT molecular complexity index is 472. The van der Waals surface area contributed by atoms with E-state index in [4.69, 9.17) is 0 Å². The molecule has 21 heavy (non-hydrogen) atoms. The highest BCUT2D eigenvalue weighted by Gasteiger charge is 2.34. The molecule has 2 heteroatoms. The molecule has 1 aromatic carbocycles. The Labute approximate surface area is 129 Å². The van der Waals surface area contributed by atoms with Gasteiger partial charge in [-0.25, -0.2) is 0 Å². The fourth-order valence-electron chi connectivity index (χ4n) is 3.58. The predicted octanol–water partition coefficient (Wildman–Crippen LogP) is 3.97. The summed E-state index contributed by atoms with van der Waals surface area (Å²) in [6, 6.07) is 9.07. The third kappa shape index (κ3) is 3.67. The molecule has 1 aromatic rings. The number of aryl methyl sites for hydroxylation is 2. The van der Waals surface area contributed by atoms with Gasteiger partial charge in [0.15, 0.2) is 0 Å². The molecule has 0 amide bonds. The van der Waals surface area contributed by atoms with Gasteiger partial charge in [-0.2, -0.15) is 0 Å². The lowest BCUT2D eigenvalue weighted by atomic mass is 9.99. The van der Waals surface area contributed by atoms with E-state index in [0.717, 1.165) is 6.04 Å². The monoisotopic (exact) mass is 286 g/mol.